The number of thioether (sulfide) groups is 1. The quantitative estimate of drug-likeness (QED) is 0.535. The van der Waals surface area contributed by atoms with Crippen molar-refractivity contribution in [1.82, 2.24) is 9.47 Å². The minimum Gasteiger partial charge on any atom is -0.497 e. The van der Waals surface area contributed by atoms with Crippen molar-refractivity contribution in [3.63, 3.8) is 0 Å². The molecule has 8 heteroatoms. The number of hydrogen-bond donors (Lipinski definition) is 1. The van der Waals surface area contributed by atoms with Crippen molar-refractivity contribution in [2.75, 3.05) is 19.0 Å². The number of para-hydroxylation sites is 1. The van der Waals surface area contributed by atoms with Gasteiger partial charge in [0.15, 0.2) is 0 Å². The van der Waals surface area contributed by atoms with Gasteiger partial charge in [0.05, 0.1) is 12.0 Å². The van der Waals surface area contributed by atoms with Crippen molar-refractivity contribution in [1.29, 1.82) is 0 Å². The predicted molar refractivity (Wildman–Crippen MR) is 130 cm³/mol. The Morgan fingerprint density at radius 3 is 2.52 bits per heavy atom. The molecular weight excluding hydrogens is 438 g/mol. The molecule has 1 aromatic heterocycles. The zero-order valence-corrected chi connectivity index (χ0v) is 19.3. The van der Waals surface area contributed by atoms with E-state index in [1.54, 1.807) is 19.3 Å². The summed E-state index contributed by atoms with van der Waals surface area (Å²) < 4.78 is 7.19. The van der Waals surface area contributed by atoms with Crippen molar-refractivity contribution in [2.24, 2.45) is 0 Å². The van der Waals surface area contributed by atoms with Crippen molar-refractivity contribution in [3.05, 3.63) is 82.5 Å². The number of rotatable bonds is 6. The maximum atomic E-state index is 12.8. The second-order valence-corrected chi connectivity index (χ2v) is 8.61. The van der Waals surface area contributed by atoms with Crippen LogP contribution in [-0.4, -0.2) is 40.2 Å². The van der Waals surface area contributed by atoms with Crippen LogP contribution in [0.15, 0.2) is 65.7 Å². The lowest BCUT2D eigenvalue weighted by Gasteiger charge is -2.13. The molecule has 1 aliphatic rings. The Balaban J connectivity index is 1.48. The minimum absolute atomic E-state index is 0.288. The van der Waals surface area contributed by atoms with E-state index in [1.807, 2.05) is 73.1 Å². The highest BCUT2D eigenvalue weighted by Crippen LogP contribution is 2.32. The van der Waals surface area contributed by atoms with Gasteiger partial charge in [-0.15, -0.1) is 0 Å². The third kappa shape index (κ3) is 4.85. The first kappa shape index (κ1) is 22.4. The number of ether oxygens (including phenoxy) is 1. The highest BCUT2D eigenvalue weighted by molar-refractivity contribution is 8.18. The molecule has 2 aromatic carbocycles. The van der Waals surface area contributed by atoms with Crippen LogP contribution in [0.2, 0.25) is 0 Å². The number of nitrogens with zero attached hydrogens (tertiary/aromatic N) is 2. The Morgan fingerprint density at radius 2 is 1.82 bits per heavy atom. The summed E-state index contributed by atoms with van der Waals surface area (Å²) in [5.41, 5.74) is 4.27. The van der Waals surface area contributed by atoms with E-state index < -0.39 is 17.1 Å². The Bertz CT molecular complexity index is 1260. The average molecular weight is 462 g/mol. The number of nitrogens with one attached hydrogen (secondary N) is 1. The molecule has 1 aliphatic heterocycles. The fraction of sp³-hybridized carbons (Fsp3) is 0.160. The first-order chi connectivity index (χ1) is 15.9. The topological polar surface area (TPSA) is 80.6 Å². The van der Waals surface area contributed by atoms with E-state index in [-0.39, 0.29) is 11.4 Å². The maximum absolute atomic E-state index is 12.8. The van der Waals surface area contributed by atoms with Crippen LogP contribution in [0, 0.1) is 13.8 Å². The van der Waals surface area contributed by atoms with Gasteiger partial charge in [0.25, 0.3) is 11.1 Å². The molecule has 0 unspecified atom stereocenters. The fourth-order valence-electron chi connectivity index (χ4n) is 3.53. The summed E-state index contributed by atoms with van der Waals surface area (Å²) in [4.78, 5) is 38.9. The van der Waals surface area contributed by atoms with E-state index in [4.69, 9.17) is 4.74 Å². The van der Waals surface area contributed by atoms with Crippen molar-refractivity contribution >= 4 is 40.6 Å². The van der Waals surface area contributed by atoms with Crippen molar-refractivity contribution in [3.8, 4) is 11.4 Å². The van der Waals surface area contributed by atoms with Crippen LogP contribution in [0.5, 0.6) is 5.75 Å². The molecule has 2 heterocycles. The van der Waals surface area contributed by atoms with Crippen LogP contribution in [0.1, 0.15) is 16.8 Å². The molecule has 0 saturated carbocycles. The van der Waals surface area contributed by atoms with Gasteiger partial charge in [0, 0.05) is 23.3 Å². The molecule has 33 heavy (non-hydrogen) atoms. The van der Waals surface area contributed by atoms with Crippen LogP contribution in [0.4, 0.5) is 10.5 Å². The number of anilines is 1. The first-order valence-corrected chi connectivity index (χ1v) is 11.1. The van der Waals surface area contributed by atoms with Gasteiger partial charge < -0.3 is 14.6 Å². The summed E-state index contributed by atoms with van der Waals surface area (Å²) in [5, 5.41) is 2.29. The largest absolute Gasteiger partial charge is 0.497 e. The molecule has 7 nitrogen and oxygen atoms in total. The van der Waals surface area contributed by atoms with Gasteiger partial charge in [0.2, 0.25) is 5.91 Å². The lowest BCUT2D eigenvalue weighted by molar-refractivity contribution is -0.127. The van der Waals surface area contributed by atoms with E-state index in [0.29, 0.717) is 5.69 Å². The van der Waals surface area contributed by atoms with Crippen LogP contribution in [-0.2, 0) is 9.59 Å². The van der Waals surface area contributed by atoms with Crippen LogP contribution >= 0.6 is 11.8 Å². The summed E-state index contributed by atoms with van der Waals surface area (Å²) in [6, 6.07) is 16.9. The van der Waals surface area contributed by atoms with Crippen molar-refractivity contribution in [2.45, 2.75) is 13.8 Å². The van der Waals surface area contributed by atoms with Crippen LogP contribution in [0.25, 0.3) is 11.8 Å². The zero-order valence-electron chi connectivity index (χ0n) is 18.5. The number of carbonyl (C=O) groups excluding carboxylic acids is 3. The van der Waals surface area contributed by atoms with E-state index in [9.17, 15) is 14.4 Å². The lowest BCUT2D eigenvalue weighted by atomic mass is 10.2. The molecule has 3 amide bonds. The molecule has 168 valence electrons. The molecule has 0 bridgehead atoms. The van der Waals surface area contributed by atoms with Gasteiger partial charge in [-0.1, -0.05) is 18.2 Å². The molecule has 0 aliphatic carbocycles. The standard InChI is InChI=1S/C25H23N3O4S/c1-16-6-4-5-7-21(16)26-23(29)15-28-24(30)22(33-25(28)31)13-18-12-17(2)27(14-18)19-8-10-20(32-3)11-9-19/h4-14H,15H2,1-3H3,(H,26,29)/b22-13+. The number of amides is 3. The fourth-order valence-corrected chi connectivity index (χ4v) is 4.37. The average Bonchev–Trinajstić information content (AvgIpc) is 3.29. The third-order valence-electron chi connectivity index (χ3n) is 5.28. The number of benzene rings is 2. The van der Waals surface area contributed by atoms with E-state index in [2.05, 4.69) is 5.32 Å². The molecular formula is C25H23N3O4S. The Hall–Kier alpha value is -3.78. The molecule has 1 saturated heterocycles. The van der Waals surface area contributed by atoms with Gasteiger partial charge in [-0.05, 0) is 79.2 Å². The van der Waals surface area contributed by atoms with Gasteiger partial charge in [0.1, 0.15) is 12.3 Å². The Morgan fingerprint density at radius 1 is 1.09 bits per heavy atom. The second-order valence-electron chi connectivity index (χ2n) is 7.61. The second kappa shape index (κ2) is 9.38. The molecule has 4 rings (SSSR count). The summed E-state index contributed by atoms with van der Waals surface area (Å²) >= 11 is 0.837. The molecule has 3 aromatic rings. The first-order valence-electron chi connectivity index (χ1n) is 10.3. The van der Waals surface area contributed by atoms with E-state index in [0.717, 1.165) is 44.9 Å². The molecule has 0 spiro atoms. The summed E-state index contributed by atoms with van der Waals surface area (Å²) in [6.07, 6.45) is 3.58. The number of aryl methyl sites for hydroxylation is 2. The summed E-state index contributed by atoms with van der Waals surface area (Å²) in [5.74, 6) is -0.127. The molecule has 1 fully saturated rings. The third-order valence-corrected chi connectivity index (χ3v) is 6.18. The van der Waals surface area contributed by atoms with Gasteiger partial charge in [-0.2, -0.15) is 0 Å². The molecule has 0 atom stereocenters. The van der Waals surface area contributed by atoms with E-state index >= 15 is 0 Å². The van der Waals surface area contributed by atoms with Gasteiger partial charge >= 0.3 is 0 Å². The van der Waals surface area contributed by atoms with Gasteiger partial charge in [-0.3, -0.25) is 19.3 Å². The number of imide groups is 1. The SMILES string of the molecule is COc1ccc(-n2cc(/C=C3/SC(=O)N(CC(=O)Nc4ccccc4C)C3=O)cc2C)cc1. The van der Waals surface area contributed by atoms with Crippen LogP contribution < -0.4 is 10.1 Å². The smallest absolute Gasteiger partial charge is 0.294 e. The number of aromatic nitrogens is 1. The summed E-state index contributed by atoms with van der Waals surface area (Å²) in [6.45, 7) is 3.50. The lowest BCUT2D eigenvalue weighted by Crippen LogP contribution is -2.36. The maximum Gasteiger partial charge on any atom is 0.294 e. The van der Waals surface area contributed by atoms with E-state index in [1.165, 1.54) is 0 Å². The monoisotopic (exact) mass is 461 g/mol. The van der Waals surface area contributed by atoms with Crippen LogP contribution in [0.3, 0.4) is 0 Å². The Kier molecular flexibility index (Phi) is 6.37. The number of hydrogen-bond acceptors (Lipinski definition) is 5. The molecule has 0 radical (unpaired) electrons. The highest BCUT2D eigenvalue weighted by Gasteiger charge is 2.36. The molecule has 1 N–H and O–H groups in total. The summed E-state index contributed by atoms with van der Waals surface area (Å²) in [7, 11) is 1.62. The number of methoxy groups -OCH3 is 1. The van der Waals surface area contributed by atoms with Gasteiger partial charge in [-0.25, -0.2) is 0 Å². The number of carbonyl (C=O) groups is 3. The Labute approximate surface area is 196 Å². The van der Waals surface area contributed by atoms with Crippen molar-refractivity contribution < 1.29 is 19.1 Å². The zero-order chi connectivity index (χ0) is 23.5. The predicted octanol–water partition coefficient (Wildman–Crippen LogP) is 4.78. The minimum atomic E-state index is -0.472. The highest BCUT2D eigenvalue weighted by atomic mass is 32.2. The normalized spacial score (nSPS) is 14.8.